The lowest BCUT2D eigenvalue weighted by molar-refractivity contribution is 0.0697. The molecule has 0 saturated carbocycles. The van der Waals surface area contributed by atoms with Crippen molar-refractivity contribution in [3.05, 3.63) is 40.3 Å². The minimum absolute atomic E-state index is 0.176. The van der Waals surface area contributed by atoms with Crippen molar-refractivity contribution in [1.82, 2.24) is 9.97 Å². The predicted octanol–water partition coefficient (Wildman–Crippen LogP) is 2.59. The van der Waals surface area contributed by atoms with Gasteiger partial charge < -0.3 is 14.8 Å². The highest BCUT2D eigenvalue weighted by Gasteiger charge is 2.09. The number of aromatic carboxylic acids is 1. The standard InChI is InChI=1S/C12H9N3O3S/c16-11(17)7-1-2-9-10(3-7)18-12(15-9)13-4-8-5-19-6-14-8/h1-3,5-6H,4H2,(H,13,15)(H,16,17). The van der Waals surface area contributed by atoms with E-state index in [1.807, 2.05) is 5.38 Å². The summed E-state index contributed by atoms with van der Waals surface area (Å²) in [5, 5.41) is 13.8. The summed E-state index contributed by atoms with van der Waals surface area (Å²) in [6, 6.07) is 4.93. The van der Waals surface area contributed by atoms with Gasteiger partial charge in [-0.1, -0.05) is 0 Å². The number of carboxylic acid groups (broad SMARTS) is 1. The molecule has 0 atom stereocenters. The second kappa shape index (κ2) is 4.69. The van der Waals surface area contributed by atoms with Crippen LogP contribution < -0.4 is 5.32 Å². The van der Waals surface area contributed by atoms with Crippen LogP contribution in [-0.4, -0.2) is 21.0 Å². The Balaban J connectivity index is 1.83. The third-order valence-corrected chi connectivity index (χ3v) is 3.17. The average molecular weight is 275 g/mol. The lowest BCUT2D eigenvalue weighted by Crippen LogP contribution is -1.99. The van der Waals surface area contributed by atoms with Crippen LogP contribution in [0.3, 0.4) is 0 Å². The number of anilines is 1. The number of hydrogen-bond donors (Lipinski definition) is 2. The van der Waals surface area contributed by atoms with Crippen LogP contribution in [0, 0.1) is 0 Å². The fourth-order valence-corrected chi connectivity index (χ4v) is 2.18. The first-order chi connectivity index (χ1) is 9.22. The third kappa shape index (κ3) is 2.41. The minimum Gasteiger partial charge on any atom is -0.478 e. The molecule has 2 aromatic heterocycles. The largest absolute Gasteiger partial charge is 0.478 e. The Kier molecular flexibility index (Phi) is 2.88. The fourth-order valence-electron chi connectivity index (χ4n) is 1.62. The van der Waals surface area contributed by atoms with Crippen molar-refractivity contribution in [2.45, 2.75) is 6.54 Å². The molecule has 1 aromatic carbocycles. The Hall–Kier alpha value is -2.41. The number of hydrogen-bond acceptors (Lipinski definition) is 6. The van der Waals surface area contributed by atoms with Gasteiger partial charge in [-0.2, -0.15) is 4.98 Å². The maximum Gasteiger partial charge on any atom is 0.335 e. The highest BCUT2D eigenvalue weighted by Crippen LogP contribution is 2.20. The normalized spacial score (nSPS) is 10.7. The molecule has 0 aliphatic heterocycles. The van der Waals surface area contributed by atoms with E-state index in [1.54, 1.807) is 11.6 Å². The smallest absolute Gasteiger partial charge is 0.335 e. The number of benzene rings is 1. The van der Waals surface area contributed by atoms with E-state index in [4.69, 9.17) is 9.52 Å². The number of carbonyl (C=O) groups is 1. The molecule has 2 N–H and O–H groups in total. The van der Waals surface area contributed by atoms with Gasteiger partial charge in [0.25, 0.3) is 6.01 Å². The molecule has 0 bridgehead atoms. The van der Waals surface area contributed by atoms with E-state index in [2.05, 4.69) is 15.3 Å². The lowest BCUT2D eigenvalue weighted by Gasteiger charge is -1.96. The van der Waals surface area contributed by atoms with Crippen molar-refractivity contribution < 1.29 is 14.3 Å². The Bertz CT molecular complexity index is 721. The monoisotopic (exact) mass is 275 g/mol. The number of fused-ring (bicyclic) bond motifs is 1. The lowest BCUT2D eigenvalue weighted by atomic mass is 10.2. The summed E-state index contributed by atoms with van der Waals surface area (Å²) < 4.78 is 5.45. The quantitative estimate of drug-likeness (QED) is 0.760. The van der Waals surface area contributed by atoms with Crippen LogP contribution in [0.1, 0.15) is 16.1 Å². The van der Waals surface area contributed by atoms with E-state index < -0.39 is 5.97 Å². The van der Waals surface area contributed by atoms with Crippen molar-refractivity contribution >= 4 is 34.4 Å². The summed E-state index contributed by atoms with van der Waals surface area (Å²) in [4.78, 5) is 19.2. The van der Waals surface area contributed by atoms with Gasteiger partial charge in [-0.25, -0.2) is 9.78 Å². The molecule has 0 aliphatic carbocycles. The van der Waals surface area contributed by atoms with E-state index in [0.29, 0.717) is 23.7 Å². The number of thiazole rings is 1. The summed E-state index contributed by atoms with van der Waals surface area (Å²) >= 11 is 1.52. The summed E-state index contributed by atoms with van der Waals surface area (Å²) in [7, 11) is 0. The van der Waals surface area contributed by atoms with Gasteiger partial charge in [0.2, 0.25) is 0 Å². The van der Waals surface area contributed by atoms with E-state index >= 15 is 0 Å². The summed E-state index contributed by atoms with van der Waals surface area (Å²) in [5.41, 5.74) is 3.89. The molecule has 0 aliphatic rings. The molecule has 0 fully saturated rings. The van der Waals surface area contributed by atoms with Gasteiger partial charge in [0, 0.05) is 5.38 Å². The first-order valence-corrected chi connectivity index (χ1v) is 6.41. The van der Waals surface area contributed by atoms with E-state index in [9.17, 15) is 4.79 Å². The Morgan fingerprint density at radius 2 is 2.37 bits per heavy atom. The van der Waals surface area contributed by atoms with Crippen molar-refractivity contribution in [1.29, 1.82) is 0 Å². The molecule has 19 heavy (non-hydrogen) atoms. The van der Waals surface area contributed by atoms with Crippen LogP contribution in [0.25, 0.3) is 11.1 Å². The zero-order valence-electron chi connectivity index (χ0n) is 9.66. The predicted molar refractivity (Wildman–Crippen MR) is 70.4 cm³/mol. The first-order valence-electron chi connectivity index (χ1n) is 5.47. The van der Waals surface area contributed by atoms with Crippen molar-refractivity contribution in [3.8, 4) is 0 Å². The maximum absolute atomic E-state index is 10.8. The Morgan fingerprint density at radius 1 is 1.47 bits per heavy atom. The van der Waals surface area contributed by atoms with Crippen LogP contribution in [0.15, 0.2) is 33.5 Å². The van der Waals surface area contributed by atoms with Crippen LogP contribution >= 0.6 is 11.3 Å². The van der Waals surface area contributed by atoms with E-state index in [-0.39, 0.29) is 5.56 Å². The molecule has 6 nitrogen and oxygen atoms in total. The van der Waals surface area contributed by atoms with Crippen LogP contribution in [0.4, 0.5) is 6.01 Å². The molecule has 0 radical (unpaired) electrons. The number of oxazole rings is 1. The van der Waals surface area contributed by atoms with Crippen molar-refractivity contribution in [2.75, 3.05) is 5.32 Å². The second-order valence-electron chi connectivity index (χ2n) is 3.84. The molecule has 0 unspecified atom stereocenters. The van der Waals surface area contributed by atoms with Crippen molar-refractivity contribution in [3.63, 3.8) is 0 Å². The SMILES string of the molecule is O=C(O)c1ccc2nc(NCc3cscn3)oc2c1. The summed E-state index contributed by atoms with van der Waals surface area (Å²) in [6.07, 6.45) is 0. The Labute approximate surface area is 111 Å². The van der Waals surface area contributed by atoms with Crippen LogP contribution in [0.2, 0.25) is 0 Å². The van der Waals surface area contributed by atoms with Gasteiger partial charge in [0.05, 0.1) is 23.3 Å². The van der Waals surface area contributed by atoms with Gasteiger partial charge >= 0.3 is 5.97 Å². The zero-order chi connectivity index (χ0) is 13.2. The molecule has 0 saturated heterocycles. The van der Waals surface area contributed by atoms with Gasteiger partial charge in [-0.15, -0.1) is 11.3 Å². The third-order valence-electron chi connectivity index (χ3n) is 2.54. The molecular weight excluding hydrogens is 266 g/mol. The summed E-state index contributed by atoms with van der Waals surface area (Å²) in [5.74, 6) is -0.990. The minimum atomic E-state index is -0.990. The zero-order valence-corrected chi connectivity index (χ0v) is 10.5. The molecule has 96 valence electrons. The maximum atomic E-state index is 10.8. The van der Waals surface area contributed by atoms with Gasteiger partial charge in [-0.3, -0.25) is 0 Å². The van der Waals surface area contributed by atoms with Crippen LogP contribution in [-0.2, 0) is 6.54 Å². The topological polar surface area (TPSA) is 88.2 Å². The Morgan fingerprint density at radius 3 is 3.11 bits per heavy atom. The molecule has 0 spiro atoms. The van der Waals surface area contributed by atoms with Gasteiger partial charge in [0.15, 0.2) is 5.58 Å². The van der Waals surface area contributed by atoms with Gasteiger partial charge in [-0.05, 0) is 18.2 Å². The molecule has 2 heterocycles. The molecule has 0 amide bonds. The number of aromatic nitrogens is 2. The molecular formula is C12H9N3O3S. The first kappa shape index (κ1) is 11.7. The highest BCUT2D eigenvalue weighted by molar-refractivity contribution is 7.07. The van der Waals surface area contributed by atoms with Gasteiger partial charge in [0.1, 0.15) is 5.52 Å². The second-order valence-corrected chi connectivity index (χ2v) is 4.56. The van der Waals surface area contributed by atoms with E-state index in [0.717, 1.165) is 5.69 Å². The van der Waals surface area contributed by atoms with Crippen molar-refractivity contribution in [2.24, 2.45) is 0 Å². The molecule has 3 aromatic rings. The fraction of sp³-hybridized carbons (Fsp3) is 0.0833. The summed E-state index contributed by atoms with van der Waals surface area (Å²) in [6.45, 7) is 0.516. The van der Waals surface area contributed by atoms with E-state index in [1.165, 1.54) is 23.5 Å². The highest BCUT2D eigenvalue weighted by atomic mass is 32.1. The number of nitrogens with one attached hydrogen (secondary N) is 1. The molecule has 7 heteroatoms. The average Bonchev–Trinajstić information content (AvgIpc) is 3.04. The molecule has 3 rings (SSSR count). The number of nitrogens with zero attached hydrogens (tertiary/aromatic N) is 2. The van der Waals surface area contributed by atoms with Crippen LogP contribution in [0.5, 0.6) is 0 Å². The number of rotatable bonds is 4. The number of carboxylic acids is 1.